The molecule has 1 amide bonds. The van der Waals surface area contributed by atoms with E-state index >= 15 is 0 Å². The number of amides is 1. The van der Waals surface area contributed by atoms with Crippen LogP contribution in [0.3, 0.4) is 0 Å². The van der Waals surface area contributed by atoms with Crippen molar-refractivity contribution in [2.75, 3.05) is 11.1 Å². The lowest BCUT2D eigenvalue weighted by molar-refractivity contribution is -0.122. The van der Waals surface area contributed by atoms with Gasteiger partial charge in [-0.15, -0.1) is 0 Å². The van der Waals surface area contributed by atoms with Crippen molar-refractivity contribution in [3.8, 4) is 5.75 Å². The number of benzene rings is 2. The van der Waals surface area contributed by atoms with Crippen molar-refractivity contribution in [2.45, 2.75) is 26.9 Å². The predicted molar refractivity (Wildman–Crippen MR) is 85.5 cm³/mol. The largest absolute Gasteiger partial charge is 0.481 e. The Morgan fingerprint density at radius 1 is 1.14 bits per heavy atom. The molecule has 0 spiro atoms. The Bertz CT molecular complexity index is 636. The number of nitrogens with one attached hydrogen (secondary N) is 1. The minimum Gasteiger partial charge on any atom is -0.481 e. The molecule has 0 saturated heterocycles. The molecule has 4 nitrogen and oxygen atoms in total. The highest BCUT2D eigenvalue weighted by molar-refractivity contribution is 5.95. The molecular formula is C17H20N2O2. The number of carbonyl (C=O) groups is 1. The molecule has 0 bridgehead atoms. The predicted octanol–water partition coefficient (Wildman–Crippen LogP) is 3.29. The standard InChI is InChI=1S/C17H20N2O2/c1-11-4-8-15(9-5-11)21-13(3)17(20)19-16-10-14(18)7-6-12(16)2/h4-10,13H,18H2,1-3H3,(H,19,20)/t13-/m0/s1. The van der Waals surface area contributed by atoms with Crippen molar-refractivity contribution < 1.29 is 9.53 Å². The van der Waals surface area contributed by atoms with Crippen molar-refractivity contribution in [3.05, 3.63) is 53.6 Å². The van der Waals surface area contributed by atoms with Gasteiger partial charge in [-0.2, -0.15) is 0 Å². The maximum atomic E-state index is 12.2. The number of hydrogen-bond donors (Lipinski definition) is 2. The Morgan fingerprint density at radius 2 is 1.81 bits per heavy atom. The molecule has 110 valence electrons. The summed E-state index contributed by atoms with van der Waals surface area (Å²) in [6.45, 7) is 5.64. The summed E-state index contributed by atoms with van der Waals surface area (Å²) in [5, 5.41) is 2.84. The minimum atomic E-state index is -0.589. The highest BCUT2D eigenvalue weighted by atomic mass is 16.5. The van der Waals surface area contributed by atoms with E-state index in [0.29, 0.717) is 17.1 Å². The van der Waals surface area contributed by atoms with Crippen LogP contribution >= 0.6 is 0 Å². The summed E-state index contributed by atoms with van der Waals surface area (Å²) >= 11 is 0. The molecule has 0 aliphatic rings. The van der Waals surface area contributed by atoms with E-state index in [2.05, 4.69) is 5.32 Å². The molecule has 21 heavy (non-hydrogen) atoms. The van der Waals surface area contributed by atoms with Crippen molar-refractivity contribution in [1.29, 1.82) is 0 Å². The fourth-order valence-corrected chi connectivity index (χ4v) is 1.88. The maximum Gasteiger partial charge on any atom is 0.265 e. The van der Waals surface area contributed by atoms with Gasteiger partial charge in [0.05, 0.1) is 0 Å². The van der Waals surface area contributed by atoms with Gasteiger partial charge >= 0.3 is 0 Å². The first-order valence-corrected chi connectivity index (χ1v) is 6.86. The van der Waals surface area contributed by atoms with Crippen molar-refractivity contribution in [2.24, 2.45) is 0 Å². The maximum absolute atomic E-state index is 12.2. The lowest BCUT2D eigenvalue weighted by atomic mass is 10.1. The second kappa shape index (κ2) is 6.31. The summed E-state index contributed by atoms with van der Waals surface area (Å²) in [6, 6.07) is 13.0. The smallest absolute Gasteiger partial charge is 0.265 e. The van der Waals surface area contributed by atoms with Gasteiger partial charge in [0.15, 0.2) is 6.10 Å². The number of nitrogens with two attached hydrogens (primary N) is 1. The van der Waals surface area contributed by atoms with Gasteiger partial charge in [0.2, 0.25) is 0 Å². The van der Waals surface area contributed by atoms with E-state index < -0.39 is 6.10 Å². The van der Waals surface area contributed by atoms with Crippen LogP contribution in [0.1, 0.15) is 18.1 Å². The van der Waals surface area contributed by atoms with Crippen LogP contribution in [0.25, 0.3) is 0 Å². The van der Waals surface area contributed by atoms with E-state index in [0.717, 1.165) is 11.1 Å². The average Bonchev–Trinajstić information content (AvgIpc) is 2.45. The molecule has 0 aliphatic heterocycles. The number of carbonyl (C=O) groups excluding carboxylic acids is 1. The number of hydrogen-bond acceptors (Lipinski definition) is 3. The molecule has 2 aromatic carbocycles. The molecule has 0 radical (unpaired) electrons. The SMILES string of the molecule is Cc1ccc(O[C@@H](C)C(=O)Nc2cc(N)ccc2C)cc1. The third-order valence-electron chi connectivity index (χ3n) is 3.22. The van der Waals surface area contributed by atoms with Gasteiger partial charge in [-0.25, -0.2) is 0 Å². The summed E-state index contributed by atoms with van der Waals surface area (Å²) < 4.78 is 5.63. The molecule has 4 heteroatoms. The number of anilines is 2. The fraction of sp³-hybridized carbons (Fsp3) is 0.235. The van der Waals surface area contributed by atoms with E-state index in [1.807, 2.05) is 44.2 Å². The zero-order valence-corrected chi connectivity index (χ0v) is 12.5. The summed E-state index contributed by atoms with van der Waals surface area (Å²) in [7, 11) is 0. The molecule has 2 aromatic rings. The topological polar surface area (TPSA) is 64.3 Å². The molecule has 3 N–H and O–H groups in total. The Kier molecular flexibility index (Phi) is 4.48. The minimum absolute atomic E-state index is 0.204. The summed E-state index contributed by atoms with van der Waals surface area (Å²) in [4.78, 5) is 12.2. The van der Waals surface area contributed by atoms with Gasteiger partial charge in [-0.3, -0.25) is 4.79 Å². The zero-order chi connectivity index (χ0) is 15.4. The van der Waals surface area contributed by atoms with E-state index in [4.69, 9.17) is 10.5 Å². The van der Waals surface area contributed by atoms with Crippen molar-refractivity contribution >= 4 is 17.3 Å². The monoisotopic (exact) mass is 284 g/mol. The van der Waals surface area contributed by atoms with Crippen LogP contribution in [0.15, 0.2) is 42.5 Å². The van der Waals surface area contributed by atoms with Gasteiger partial charge in [0.25, 0.3) is 5.91 Å². The number of rotatable bonds is 4. The van der Waals surface area contributed by atoms with E-state index in [-0.39, 0.29) is 5.91 Å². The summed E-state index contributed by atoms with van der Waals surface area (Å²) in [5.41, 5.74) is 9.16. The van der Waals surface area contributed by atoms with Gasteiger partial charge < -0.3 is 15.8 Å². The normalized spacial score (nSPS) is 11.8. The second-order valence-corrected chi connectivity index (χ2v) is 5.14. The van der Waals surface area contributed by atoms with Crippen LogP contribution in [0, 0.1) is 13.8 Å². The average molecular weight is 284 g/mol. The van der Waals surface area contributed by atoms with E-state index in [1.165, 1.54) is 0 Å². The van der Waals surface area contributed by atoms with Crippen molar-refractivity contribution in [1.82, 2.24) is 0 Å². The molecule has 0 heterocycles. The first-order valence-electron chi connectivity index (χ1n) is 6.86. The van der Waals surface area contributed by atoms with Gasteiger partial charge in [0, 0.05) is 11.4 Å². The number of ether oxygens (including phenoxy) is 1. The number of aryl methyl sites for hydroxylation is 2. The molecule has 0 aliphatic carbocycles. The zero-order valence-electron chi connectivity index (χ0n) is 12.5. The third-order valence-corrected chi connectivity index (χ3v) is 3.22. The van der Waals surface area contributed by atoms with Gasteiger partial charge in [-0.05, 0) is 50.6 Å². The second-order valence-electron chi connectivity index (χ2n) is 5.14. The highest BCUT2D eigenvalue weighted by Crippen LogP contribution is 2.19. The lowest BCUT2D eigenvalue weighted by Crippen LogP contribution is -2.30. The Labute approximate surface area is 124 Å². The third kappa shape index (κ3) is 3.99. The van der Waals surface area contributed by atoms with Crippen LogP contribution in [-0.4, -0.2) is 12.0 Å². The van der Waals surface area contributed by atoms with Crippen LogP contribution in [0.5, 0.6) is 5.75 Å². The van der Waals surface area contributed by atoms with Gasteiger partial charge in [0.1, 0.15) is 5.75 Å². The first kappa shape index (κ1) is 14.9. The highest BCUT2D eigenvalue weighted by Gasteiger charge is 2.15. The van der Waals surface area contributed by atoms with E-state index in [1.54, 1.807) is 19.1 Å². The fourth-order valence-electron chi connectivity index (χ4n) is 1.88. The van der Waals surface area contributed by atoms with Gasteiger partial charge in [-0.1, -0.05) is 23.8 Å². The Balaban J connectivity index is 2.02. The van der Waals surface area contributed by atoms with Crippen LogP contribution in [-0.2, 0) is 4.79 Å². The molecule has 2 rings (SSSR count). The molecule has 0 aromatic heterocycles. The van der Waals surface area contributed by atoms with Crippen LogP contribution in [0.4, 0.5) is 11.4 Å². The summed E-state index contributed by atoms with van der Waals surface area (Å²) in [5.74, 6) is 0.469. The first-order chi connectivity index (χ1) is 9.95. The van der Waals surface area contributed by atoms with Crippen molar-refractivity contribution in [3.63, 3.8) is 0 Å². The molecule has 1 atom stereocenters. The quantitative estimate of drug-likeness (QED) is 0.847. The molecule has 0 unspecified atom stereocenters. The Hall–Kier alpha value is -2.49. The van der Waals surface area contributed by atoms with Crippen LogP contribution in [0.2, 0.25) is 0 Å². The molecule has 0 fully saturated rings. The molecular weight excluding hydrogens is 264 g/mol. The van der Waals surface area contributed by atoms with Crippen LogP contribution < -0.4 is 15.8 Å². The molecule has 0 saturated carbocycles. The van der Waals surface area contributed by atoms with E-state index in [9.17, 15) is 4.79 Å². The lowest BCUT2D eigenvalue weighted by Gasteiger charge is -2.16. The Morgan fingerprint density at radius 3 is 2.48 bits per heavy atom. The summed E-state index contributed by atoms with van der Waals surface area (Å²) in [6.07, 6.45) is -0.589. The number of nitrogen functional groups attached to an aromatic ring is 1.